The number of hydrogen-bond acceptors (Lipinski definition) is 1. The Hall–Kier alpha value is -1.02. The van der Waals surface area contributed by atoms with E-state index in [0.29, 0.717) is 6.42 Å². The summed E-state index contributed by atoms with van der Waals surface area (Å²) in [5.41, 5.74) is 1.03. The van der Waals surface area contributed by atoms with Gasteiger partial charge in [0.2, 0.25) is 0 Å². The lowest BCUT2D eigenvalue weighted by molar-refractivity contribution is 0.195. The Bertz CT molecular complexity index is 258. The van der Waals surface area contributed by atoms with E-state index in [1.165, 1.54) is 0 Å². The van der Waals surface area contributed by atoms with Crippen molar-refractivity contribution in [2.24, 2.45) is 0 Å². The van der Waals surface area contributed by atoms with Crippen LogP contribution >= 0.6 is 0 Å². The molecule has 0 spiro atoms. The van der Waals surface area contributed by atoms with Crippen molar-refractivity contribution in [1.82, 2.24) is 0 Å². The fourth-order valence-corrected chi connectivity index (χ4v) is 1.29. The maximum atomic E-state index is 10.5. The van der Waals surface area contributed by atoms with Crippen LogP contribution in [0.1, 0.15) is 25.3 Å². The van der Waals surface area contributed by atoms with Gasteiger partial charge in [0.15, 0.2) is 0 Å². The minimum Gasteiger partial charge on any atom is -0.493 e. The average molecular weight is 193 g/mol. The predicted molar refractivity (Wildman–Crippen MR) is 56.1 cm³/mol. The van der Waals surface area contributed by atoms with Gasteiger partial charge in [-0.15, -0.1) is 0 Å². The Labute approximate surface area is 85.5 Å². The van der Waals surface area contributed by atoms with E-state index in [0.717, 1.165) is 30.8 Å². The maximum absolute atomic E-state index is 10.5. The molecule has 0 saturated carbocycles. The Morgan fingerprint density at radius 1 is 1.29 bits per heavy atom. The van der Waals surface area contributed by atoms with Crippen LogP contribution in [0.25, 0.3) is 0 Å². The fourth-order valence-electron chi connectivity index (χ4n) is 1.29. The van der Waals surface area contributed by atoms with Crippen molar-refractivity contribution >= 4 is 0 Å². The van der Waals surface area contributed by atoms with E-state index in [1.807, 2.05) is 24.3 Å². The average Bonchev–Trinajstić information content (AvgIpc) is 2.21. The molecule has 0 N–H and O–H groups in total. The van der Waals surface area contributed by atoms with Crippen molar-refractivity contribution in [1.29, 1.82) is 0 Å². The molecule has 0 heterocycles. The number of rotatable bonds is 6. The summed E-state index contributed by atoms with van der Waals surface area (Å²) in [7, 11) is 0. The van der Waals surface area contributed by atoms with Crippen molar-refractivity contribution in [3.63, 3.8) is 0 Å². The van der Waals surface area contributed by atoms with E-state index in [2.05, 4.69) is 6.92 Å². The molecule has 1 rings (SSSR count). The third-order valence-electron chi connectivity index (χ3n) is 2.10. The number of benzene rings is 1. The quantitative estimate of drug-likeness (QED) is 0.639. The molecule has 0 amide bonds. The lowest BCUT2D eigenvalue weighted by atomic mass is 10.1. The molecule has 0 aromatic heterocycles. The maximum Gasteiger partial charge on any atom is 0.122 e. The molecule has 0 bridgehead atoms. The van der Waals surface area contributed by atoms with Gasteiger partial charge in [-0.25, -0.2) is 5.11 Å². The van der Waals surface area contributed by atoms with E-state index in [-0.39, 0.29) is 6.61 Å². The van der Waals surface area contributed by atoms with Crippen LogP contribution in [-0.4, -0.2) is 13.2 Å². The van der Waals surface area contributed by atoms with Crippen molar-refractivity contribution < 1.29 is 9.84 Å². The topological polar surface area (TPSA) is 29.1 Å². The first kappa shape index (κ1) is 11.1. The zero-order chi connectivity index (χ0) is 10.2. The molecule has 1 radical (unpaired) electrons. The lowest BCUT2D eigenvalue weighted by Crippen LogP contribution is -2.00. The van der Waals surface area contributed by atoms with Crippen LogP contribution in [0.4, 0.5) is 0 Å². The molecule has 2 heteroatoms. The molecule has 0 fully saturated rings. The summed E-state index contributed by atoms with van der Waals surface area (Å²) in [4.78, 5) is 0. The van der Waals surface area contributed by atoms with E-state index < -0.39 is 0 Å². The minimum atomic E-state index is -0.0752. The molecule has 0 atom stereocenters. The van der Waals surface area contributed by atoms with Crippen LogP contribution in [0, 0.1) is 0 Å². The molecule has 14 heavy (non-hydrogen) atoms. The number of unbranched alkanes of at least 4 members (excludes halogenated alkanes) is 1. The summed E-state index contributed by atoms with van der Waals surface area (Å²) >= 11 is 0. The summed E-state index contributed by atoms with van der Waals surface area (Å²) in [6.07, 6.45) is 2.75. The van der Waals surface area contributed by atoms with Gasteiger partial charge in [0.05, 0.1) is 13.2 Å². The third-order valence-corrected chi connectivity index (χ3v) is 2.10. The number of ether oxygens (including phenoxy) is 1. The molecule has 77 valence electrons. The lowest BCUT2D eigenvalue weighted by Gasteiger charge is -2.09. The van der Waals surface area contributed by atoms with Crippen LogP contribution in [0.3, 0.4) is 0 Å². The standard InChI is InChI=1S/C12H17O2/c1-2-3-10-14-12-7-5-4-6-11(12)8-9-13/h4-7H,2-3,8-10H2,1H3. The van der Waals surface area contributed by atoms with Gasteiger partial charge in [-0.05, 0) is 18.1 Å². The molecule has 0 unspecified atom stereocenters. The van der Waals surface area contributed by atoms with Gasteiger partial charge >= 0.3 is 0 Å². The molecule has 2 nitrogen and oxygen atoms in total. The van der Waals surface area contributed by atoms with Crippen LogP contribution in [0.15, 0.2) is 24.3 Å². The highest BCUT2D eigenvalue weighted by Gasteiger charge is 2.01. The Morgan fingerprint density at radius 3 is 2.79 bits per heavy atom. The molecule has 0 aliphatic heterocycles. The van der Waals surface area contributed by atoms with Crippen LogP contribution in [0.2, 0.25) is 0 Å². The van der Waals surface area contributed by atoms with Crippen molar-refractivity contribution in [2.75, 3.05) is 13.2 Å². The third kappa shape index (κ3) is 3.38. The summed E-state index contributed by atoms with van der Waals surface area (Å²) < 4.78 is 5.59. The summed E-state index contributed by atoms with van der Waals surface area (Å²) in [6.45, 7) is 2.80. The van der Waals surface area contributed by atoms with E-state index in [1.54, 1.807) is 0 Å². The zero-order valence-corrected chi connectivity index (χ0v) is 8.66. The molecule has 0 saturated heterocycles. The van der Waals surface area contributed by atoms with Gasteiger partial charge in [-0.2, -0.15) is 0 Å². The second-order valence-electron chi connectivity index (χ2n) is 3.26. The summed E-state index contributed by atoms with van der Waals surface area (Å²) in [6, 6.07) is 7.77. The summed E-state index contributed by atoms with van der Waals surface area (Å²) in [5.74, 6) is 0.872. The van der Waals surface area contributed by atoms with Crippen molar-refractivity contribution in [2.45, 2.75) is 26.2 Å². The second-order valence-corrected chi connectivity index (χ2v) is 3.26. The van der Waals surface area contributed by atoms with Gasteiger partial charge in [-0.1, -0.05) is 31.5 Å². The number of hydrogen-bond donors (Lipinski definition) is 0. The van der Waals surface area contributed by atoms with E-state index in [9.17, 15) is 5.11 Å². The molecule has 1 aromatic rings. The Kier molecular flexibility index (Phi) is 5.08. The zero-order valence-electron chi connectivity index (χ0n) is 8.66. The van der Waals surface area contributed by atoms with Gasteiger partial charge in [-0.3, -0.25) is 0 Å². The van der Waals surface area contributed by atoms with Gasteiger partial charge in [0, 0.05) is 6.42 Å². The van der Waals surface area contributed by atoms with Crippen molar-refractivity contribution in [3.8, 4) is 5.75 Å². The highest BCUT2D eigenvalue weighted by molar-refractivity contribution is 5.33. The molecular weight excluding hydrogens is 176 g/mol. The monoisotopic (exact) mass is 193 g/mol. The smallest absolute Gasteiger partial charge is 0.122 e. The Morgan fingerprint density at radius 2 is 2.07 bits per heavy atom. The van der Waals surface area contributed by atoms with Crippen LogP contribution in [0.5, 0.6) is 5.75 Å². The first-order chi connectivity index (χ1) is 6.88. The fraction of sp³-hybridized carbons (Fsp3) is 0.500. The van der Waals surface area contributed by atoms with E-state index >= 15 is 0 Å². The largest absolute Gasteiger partial charge is 0.493 e. The predicted octanol–water partition coefficient (Wildman–Crippen LogP) is 2.84. The van der Waals surface area contributed by atoms with Gasteiger partial charge in [0.1, 0.15) is 5.75 Å². The second kappa shape index (κ2) is 6.44. The van der Waals surface area contributed by atoms with Crippen molar-refractivity contribution in [3.05, 3.63) is 29.8 Å². The molecule has 0 aliphatic carbocycles. The molecular formula is C12H17O2. The summed E-state index contributed by atoms with van der Waals surface area (Å²) in [5, 5.41) is 10.5. The van der Waals surface area contributed by atoms with E-state index in [4.69, 9.17) is 4.74 Å². The molecule has 0 aliphatic rings. The van der Waals surface area contributed by atoms with Crippen LogP contribution in [-0.2, 0) is 11.5 Å². The highest BCUT2D eigenvalue weighted by atomic mass is 16.5. The van der Waals surface area contributed by atoms with Crippen LogP contribution < -0.4 is 4.74 Å². The normalized spacial score (nSPS) is 10.1. The Balaban J connectivity index is 2.55. The van der Waals surface area contributed by atoms with Gasteiger partial charge in [0.25, 0.3) is 0 Å². The first-order valence-corrected chi connectivity index (χ1v) is 5.17. The molecule has 1 aromatic carbocycles. The number of para-hydroxylation sites is 1. The first-order valence-electron chi connectivity index (χ1n) is 5.17. The minimum absolute atomic E-state index is 0.0752. The van der Waals surface area contributed by atoms with Gasteiger partial charge < -0.3 is 4.74 Å². The SMILES string of the molecule is CCCCOc1ccccc1CC[O]. The highest BCUT2D eigenvalue weighted by Crippen LogP contribution is 2.18.